The lowest BCUT2D eigenvalue weighted by Gasteiger charge is -1.98. The Balaban J connectivity index is 2.08. The second kappa shape index (κ2) is 4.18. The van der Waals surface area contributed by atoms with Crippen molar-refractivity contribution in [1.82, 2.24) is 35.1 Å². The van der Waals surface area contributed by atoms with Gasteiger partial charge >= 0.3 is 0 Å². The number of nitrogens with one attached hydrogen (secondary N) is 1. The minimum absolute atomic E-state index is 0.590. The van der Waals surface area contributed by atoms with Gasteiger partial charge in [-0.2, -0.15) is 5.10 Å². The highest BCUT2D eigenvalue weighted by Crippen LogP contribution is 1.97. The summed E-state index contributed by atoms with van der Waals surface area (Å²) >= 11 is 0. The zero-order valence-corrected chi connectivity index (χ0v) is 8.75. The summed E-state index contributed by atoms with van der Waals surface area (Å²) in [5.41, 5.74) is 0.916. The predicted molar refractivity (Wildman–Crippen MR) is 52.9 cm³/mol. The second-order valence-electron chi connectivity index (χ2n) is 3.24. The van der Waals surface area contributed by atoms with Gasteiger partial charge in [0, 0.05) is 13.6 Å². The molecular formula is C8H13N7. The highest BCUT2D eigenvalue weighted by molar-refractivity contribution is 4.93. The molecule has 0 unspecified atom stereocenters. The van der Waals surface area contributed by atoms with Crippen molar-refractivity contribution >= 4 is 0 Å². The van der Waals surface area contributed by atoms with E-state index in [1.54, 1.807) is 9.36 Å². The van der Waals surface area contributed by atoms with E-state index < -0.39 is 0 Å². The Morgan fingerprint density at radius 3 is 3.00 bits per heavy atom. The van der Waals surface area contributed by atoms with Crippen molar-refractivity contribution in [2.24, 2.45) is 7.05 Å². The Bertz CT molecular complexity index is 430. The van der Waals surface area contributed by atoms with Crippen LogP contribution in [0, 0.1) is 0 Å². The topological polar surface area (TPSA) is 73.5 Å². The van der Waals surface area contributed by atoms with Crippen molar-refractivity contribution in [2.45, 2.75) is 13.1 Å². The smallest absolute Gasteiger partial charge is 0.148 e. The van der Waals surface area contributed by atoms with E-state index in [1.165, 1.54) is 6.33 Å². The number of hydrogen-bond donors (Lipinski definition) is 1. The number of aromatic nitrogens is 6. The average molecular weight is 207 g/mol. The molecule has 0 amide bonds. The van der Waals surface area contributed by atoms with E-state index in [4.69, 9.17) is 0 Å². The molecule has 0 atom stereocenters. The molecule has 2 aromatic rings. The lowest BCUT2D eigenvalue weighted by atomic mass is 10.5. The summed E-state index contributed by atoms with van der Waals surface area (Å²) in [5.74, 6) is 0.857. The van der Waals surface area contributed by atoms with Gasteiger partial charge in [0.2, 0.25) is 0 Å². The second-order valence-corrected chi connectivity index (χ2v) is 3.24. The molecule has 0 bridgehead atoms. The molecule has 2 rings (SSSR count). The fourth-order valence-electron chi connectivity index (χ4n) is 1.29. The van der Waals surface area contributed by atoms with Gasteiger partial charge in [-0.25, -0.2) is 9.67 Å². The molecule has 0 saturated carbocycles. The number of aryl methyl sites for hydroxylation is 1. The summed E-state index contributed by atoms with van der Waals surface area (Å²) in [6.45, 7) is 1.31. The maximum absolute atomic E-state index is 4.11. The molecule has 1 N–H and O–H groups in total. The van der Waals surface area contributed by atoms with Gasteiger partial charge in [-0.3, -0.25) is 4.68 Å². The van der Waals surface area contributed by atoms with E-state index in [0.29, 0.717) is 6.54 Å². The van der Waals surface area contributed by atoms with E-state index in [0.717, 1.165) is 18.1 Å². The quantitative estimate of drug-likeness (QED) is 0.708. The summed E-state index contributed by atoms with van der Waals surface area (Å²) in [5, 5.41) is 15.0. The van der Waals surface area contributed by atoms with Gasteiger partial charge in [-0.1, -0.05) is 5.21 Å². The third kappa shape index (κ3) is 2.18. The van der Waals surface area contributed by atoms with Gasteiger partial charge in [0.1, 0.15) is 18.7 Å². The summed E-state index contributed by atoms with van der Waals surface area (Å²) in [7, 11) is 3.73. The first kappa shape index (κ1) is 9.78. The normalized spacial score (nSPS) is 10.8. The van der Waals surface area contributed by atoms with Crippen LogP contribution in [0.5, 0.6) is 0 Å². The Morgan fingerprint density at radius 1 is 1.47 bits per heavy atom. The van der Waals surface area contributed by atoms with Gasteiger partial charge in [0.05, 0.1) is 11.9 Å². The van der Waals surface area contributed by atoms with Crippen LogP contribution in [0.3, 0.4) is 0 Å². The fraction of sp³-hybridized carbons (Fsp3) is 0.500. The highest BCUT2D eigenvalue weighted by Gasteiger charge is 2.04. The zero-order valence-electron chi connectivity index (χ0n) is 8.75. The Labute approximate surface area is 87.1 Å². The average Bonchev–Trinajstić information content (AvgIpc) is 2.79. The van der Waals surface area contributed by atoms with Crippen LogP contribution >= 0.6 is 0 Å². The molecule has 80 valence electrons. The largest absolute Gasteiger partial charge is 0.314 e. The van der Waals surface area contributed by atoms with E-state index in [1.807, 2.05) is 20.3 Å². The van der Waals surface area contributed by atoms with Crippen molar-refractivity contribution in [3.63, 3.8) is 0 Å². The van der Waals surface area contributed by atoms with Crippen molar-refractivity contribution in [2.75, 3.05) is 7.05 Å². The van der Waals surface area contributed by atoms with Gasteiger partial charge in [0.25, 0.3) is 0 Å². The van der Waals surface area contributed by atoms with Crippen LogP contribution < -0.4 is 5.32 Å². The van der Waals surface area contributed by atoms with Crippen molar-refractivity contribution in [3.05, 3.63) is 24.0 Å². The van der Waals surface area contributed by atoms with Gasteiger partial charge in [0.15, 0.2) is 0 Å². The summed E-state index contributed by atoms with van der Waals surface area (Å²) in [6, 6.07) is 0. The molecule has 0 aliphatic heterocycles. The number of hydrogen-bond acceptors (Lipinski definition) is 5. The summed E-state index contributed by atoms with van der Waals surface area (Å²) in [6.07, 6.45) is 3.42. The van der Waals surface area contributed by atoms with Crippen LogP contribution in [-0.4, -0.2) is 36.8 Å². The fourth-order valence-corrected chi connectivity index (χ4v) is 1.29. The first-order valence-corrected chi connectivity index (χ1v) is 4.66. The minimum Gasteiger partial charge on any atom is -0.314 e. The summed E-state index contributed by atoms with van der Waals surface area (Å²) in [4.78, 5) is 4.11. The predicted octanol–water partition coefficient (Wildman–Crippen LogP) is -0.826. The molecule has 2 aromatic heterocycles. The lowest BCUT2D eigenvalue weighted by Crippen LogP contribution is -2.07. The SMILES string of the molecule is CNCc1cn(Cc2ncnn2C)nn1. The van der Waals surface area contributed by atoms with E-state index in [9.17, 15) is 0 Å². The molecule has 15 heavy (non-hydrogen) atoms. The van der Waals surface area contributed by atoms with Crippen LogP contribution in [-0.2, 0) is 20.1 Å². The van der Waals surface area contributed by atoms with Crippen molar-refractivity contribution < 1.29 is 0 Å². The first-order chi connectivity index (χ1) is 7.29. The highest BCUT2D eigenvalue weighted by atomic mass is 15.4. The Morgan fingerprint density at radius 2 is 2.33 bits per heavy atom. The van der Waals surface area contributed by atoms with Crippen LogP contribution in [0.2, 0.25) is 0 Å². The number of rotatable bonds is 4. The van der Waals surface area contributed by atoms with Crippen molar-refractivity contribution in [3.8, 4) is 0 Å². The standard InChI is InChI=1S/C8H13N7/c1-9-3-7-4-15(13-12-7)5-8-10-6-11-14(8)2/h4,6,9H,3,5H2,1-2H3. The monoisotopic (exact) mass is 207 g/mol. The third-order valence-corrected chi connectivity index (χ3v) is 2.05. The van der Waals surface area contributed by atoms with E-state index in [2.05, 4.69) is 25.7 Å². The van der Waals surface area contributed by atoms with Crippen LogP contribution in [0.25, 0.3) is 0 Å². The van der Waals surface area contributed by atoms with E-state index >= 15 is 0 Å². The Hall–Kier alpha value is -1.76. The lowest BCUT2D eigenvalue weighted by molar-refractivity contribution is 0.589. The molecule has 0 radical (unpaired) electrons. The van der Waals surface area contributed by atoms with Gasteiger partial charge < -0.3 is 5.32 Å². The van der Waals surface area contributed by atoms with Crippen LogP contribution in [0.4, 0.5) is 0 Å². The maximum Gasteiger partial charge on any atom is 0.148 e. The minimum atomic E-state index is 0.590. The van der Waals surface area contributed by atoms with Gasteiger partial charge in [-0.05, 0) is 7.05 Å². The Kier molecular flexibility index (Phi) is 2.72. The van der Waals surface area contributed by atoms with Gasteiger partial charge in [-0.15, -0.1) is 5.10 Å². The number of nitrogens with zero attached hydrogens (tertiary/aromatic N) is 6. The molecule has 7 heteroatoms. The van der Waals surface area contributed by atoms with E-state index in [-0.39, 0.29) is 0 Å². The molecule has 0 aromatic carbocycles. The first-order valence-electron chi connectivity index (χ1n) is 4.66. The molecule has 0 aliphatic carbocycles. The van der Waals surface area contributed by atoms with Crippen molar-refractivity contribution in [1.29, 1.82) is 0 Å². The maximum atomic E-state index is 4.11. The molecule has 7 nitrogen and oxygen atoms in total. The molecular weight excluding hydrogens is 194 g/mol. The zero-order chi connectivity index (χ0) is 10.7. The van der Waals surface area contributed by atoms with Crippen LogP contribution in [0.1, 0.15) is 11.5 Å². The summed E-state index contributed by atoms with van der Waals surface area (Å²) < 4.78 is 3.47. The molecule has 0 saturated heterocycles. The third-order valence-electron chi connectivity index (χ3n) is 2.05. The molecule has 0 fully saturated rings. The molecule has 0 aliphatic rings. The van der Waals surface area contributed by atoms with Crippen LogP contribution in [0.15, 0.2) is 12.5 Å². The molecule has 0 spiro atoms. The molecule has 2 heterocycles.